The summed E-state index contributed by atoms with van der Waals surface area (Å²) in [5, 5.41) is 2.15. The number of benzene rings is 1. The predicted octanol–water partition coefficient (Wildman–Crippen LogP) is 2.67. The van der Waals surface area contributed by atoms with Crippen molar-refractivity contribution in [2.75, 3.05) is 0 Å². The van der Waals surface area contributed by atoms with Crippen LogP contribution in [0.5, 0.6) is 0 Å². The molecule has 1 atom stereocenters. The Morgan fingerprint density at radius 2 is 1.94 bits per heavy atom. The summed E-state index contributed by atoms with van der Waals surface area (Å²) in [4.78, 5) is 22.9. The van der Waals surface area contributed by atoms with Crippen LogP contribution in [0.3, 0.4) is 0 Å². The molecular formula is C14H18ClNO2. The van der Waals surface area contributed by atoms with E-state index in [1.807, 2.05) is 37.3 Å². The average molecular weight is 268 g/mol. The molecule has 18 heavy (non-hydrogen) atoms. The maximum atomic E-state index is 11.6. The van der Waals surface area contributed by atoms with Crippen molar-refractivity contribution in [2.45, 2.75) is 38.6 Å². The summed E-state index contributed by atoms with van der Waals surface area (Å²) < 4.78 is 0. The molecule has 0 heterocycles. The van der Waals surface area contributed by atoms with Crippen LogP contribution in [0, 0.1) is 0 Å². The van der Waals surface area contributed by atoms with Crippen molar-refractivity contribution < 1.29 is 9.59 Å². The standard InChI is InChI=1S/C14H18ClNO2/c1-2-3-9-13(17)16-12(14(15)18)10-11-7-5-4-6-8-11/h4-8,12H,2-3,9-10H2,1H3,(H,16,17). The quantitative estimate of drug-likeness (QED) is 0.772. The third-order valence-corrected chi connectivity index (χ3v) is 2.91. The van der Waals surface area contributed by atoms with Crippen LogP contribution in [0.1, 0.15) is 31.7 Å². The molecule has 0 bridgehead atoms. The van der Waals surface area contributed by atoms with E-state index in [2.05, 4.69) is 5.32 Å². The van der Waals surface area contributed by atoms with Gasteiger partial charge in [-0.2, -0.15) is 0 Å². The second-order valence-electron chi connectivity index (χ2n) is 4.22. The van der Waals surface area contributed by atoms with Crippen LogP contribution in [0.15, 0.2) is 30.3 Å². The molecule has 0 radical (unpaired) electrons. The van der Waals surface area contributed by atoms with Gasteiger partial charge < -0.3 is 5.32 Å². The second kappa shape index (κ2) is 7.88. The molecule has 0 aliphatic carbocycles. The number of carbonyl (C=O) groups excluding carboxylic acids is 2. The van der Waals surface area contributed by atoms with Gasteiger partial charge in [0.25, 0.3) is 0 Å². The van der Waals surface area contributed by atoms with Crippen molar-refractivity contribution in [3.8, 4) is 0 Å². The number of hydrogen-bond donors (Lipinski definition) is 1. The van der Waals surface area contributed by atoms with Gasteiger partial charge in [-0.25, -0.2) is 0 Å². The molecule has 0 aliphatic heterocycles. The lowest BCUT2D eigenvalue weighted by Gasteiger charge is -2.14. The van der Waals surface area contributed by atoms with Gasteiger partial charge in [0.15, 0.2) is 0 Å². The van der Waals surface area contributed by atoms with E-state index in [0.717, 1.165) is 18.4 Å². The Bertz CT molecular complexity index is 392. The first-order valence-electron chi connectivity index (χ1n) is 6.16. The predicted molar refractivity (Wildman–Crippen MR) is 72.5 cm³/mol. The minimum absolute atomic E-state index is 0.119. The maximum absolute atomic E-state index is 11.6. The third-order valence-electron chi connectivity index (χ3n) is 2.65. The number of amides is 1. The van der Waals surface area contributed by atoms with Crippen molar-refractivity contribution >= 4 is 22.8 Å². The van der Waals surface area contributed by atoms with E-state index in [9.17, 15) is 9.59 Å². The van der Waals surface area contributed by atoms with Gasteiger partial charge in [-0.1, -0.05) is 43.7 Å². The van der Waals surface area contributed by atoms with Gasteiger partial charge in [0.1, 0.15) is 6.04 Å². The highest BCUT2D eigenvalue weighted by molar-refractivity contribution is 6.64. The number of halogens is 1. The number of nitrogens with one attached hydrogen (secondary N) is 1. The van der Waals surface area contributed by atoms with Gasteiger partial charge in [0, 0.05) is 12.8 Å². The second-order valence-corrected chi connectivity index (χ2v) is 4.59. The topological polar surface area (TPSA) is 46.2 Å². The Labute approximate surface area is 113 Å². The van der Waals surface area contributed by atoms with Crippen molar-refractivity contribution in [3.63, 3.8) is 0 Å². The molecule has 1 aromatic carbocycles. The van der Waals surface area contributed by atoms with Gasteiger partial charge in [-0.3, -0.25) is 9.59 Å². The SMILES string of the molecule is CCCCC(=O)NC(Cc1ccccc1)C(=O)Cl. The van der Waals surface area contributed by atoms with Gasteiger partial charge >= 0.3 is 0 Å². The van der Waals surface area contributed by atoms with Crippen LogP contribution in [-0.2, 0) is 16.0 Å². The van der Waals surface area contributed by atoms with E-state index in [-0.39, 0.29) is 5.91 Å². The lowest BCUT2D eigenvalue weighted by Crippen LogP contribution is -2.40. The maximum Gasteiger partial charge on any atom is 0.244 e. The minimum Gasteiger partial charge on any atom is -0.345 e. The lowest BCUT2D eigenvalue weighted by atomic mass is 10.1. The van der Waals surface area contributed by atoms with Gasteiger partial charge in [0.05, 0.1) is 0 Å². The Morgan fingerprint density at radius 1 is 1.28 bits per heavy atom. The molecule has 1 amide bonds. The average Bonchev–Trinajstić information content (AvgIpc) is 2.36. The van der Waals surface area contributed by atoms with Crippen LogP contribution >= 0.6 is 11.6 Å². The number of carbonyl (C=O) groups is 2. The summed E-state index contributed by atoms with van der Waals surface area (Å²) in [6.07, 6.45) is 2.64. The summed E-state index contributed by atoms with van der Waals surface area (Å²) in [6, 6.07) is 8.86. The molecule has 0 saturated carbocycles. The molecule has 3 nitrogen and oxygen atoms in total. The van der Waals surface area contributed by atoms with E-state index in [1.165, 1.54) is 0 Å². The molecule has 1 unspecified atom stereocenters. The fourth-order valence-electron chi connectivity index (χ4n) is 1.64. The highest BCUT2D eigenvalue weighted by Crippen LogP contribution is 2.06. The lowest BCUT2D eigenvalue weighted by molar-refractivity contribution is -0.125. The molecule has 4 heteroatoms. The first-order chi connectivity index (χ1) is 8.63. The van der Waals surface area contributed by atoms with Crippen molar-refractivity contribution in [3.05, 3.63) is 35.9 Å². The Balaban J connectivity index is 2.55. The van der Waals surface area contributed by atoms with Crippen LogP contribution in [-0.4, -0.2) is 17.2 Å². The monoisotopic (exact) mass is 267 g/mol. The first-order valence-corrected chi connectivity index (χ1v) is 6.54. The molecule has 1 aromatic rings. The summed E-state index contributed by atoms with van der Waals surface area (Å²) >= 11 is 5.52. The first kappa shape index (κ1) is 14.7. The van der Waals surface area contributed by atoms with Crippen LogP contribution in [0.25, 0.3) is 0 Å². The van der Waals surface area contributed by atoms with Gasteiger partial charge in [0.2, 0.25) is 11.1 Å². The highest BCUT2D eigenvalue weighted by Gasteiger charge is 2.18. The summed E-state index contributed by atoms with van der Waals surface area (Å²) in [7, 11) is 0. The fourth-order valence-corrected chi connectivity index (χ4v) is 1.77. The Hall–Kier alpha value is -1.35. The number of unbranched alkanes of at least 4 members (excludes halogenated alkanes) is 1. The van der Waals surface area contributed by atoms with Gasteiger partial charge in [-0.05, 0) is 23.6 Å². The van der Waals surface area contributed by atoms with Crippen LogP contribution < -0.4 is 5.32 Å². The molecule has 1 rings (SSSR count). The number of hydrogen-bond acceptors (Lipinski definition) is 2. The zero-order valence-corrected chi connectivity index (χ0v) is 11.2. The third kappa shape index (κ3) is 5.32. The van der Waals surface area contributed by atoms with E-state index >= 15 is 0 Å². The minimum atomic E-state index is -0.640. The smallest absolute Gasteiger partial charge is 0.244 e. The zero-order chi connectivity index (χ0) is 13.4. The van der Waals surface area contributed by atoms with E-state index < -0.39 is 11.3 Å². The van der Waals surface area contributed by atoms with Gasteiger partial charge in [-0.15, -0.1) is 0 Å². The molecule has 0 spiro atoms. The Morgan fingerprint density at radius 3 is 2.50 bits per heavy atom. The van der Waals surface area contributed by atoms with Crippen LogP contribution in [0.2, 0.25) is 0 Å². The molecule has 0 saturated heterocycles. The van der Waals surface area contributed by atoms with Crippen molar-refractivity contribution in [1.29, 1.82) is 0 Å². The van der Waals surface area contributed by atoms with E-state index in [1.54, 1.807) is 0 Å². The molecule has 0 aliphatic rings. The largest absolute Gasteiger partial charge is 0.345 e. The summed E-state index contributed by atoms with van der Waals surface area (Å²) in [6.45, 7) is 2.02. The number of rotatable bonds is 7. The molecule has 0 fully saturated rings. The zero-order valence-electron chi connectivity index (χ0n) is 10.5. The summed E-state index contributed by atoms with van der Waals surface area (Å²) in [5.74, 6) is -0.119. The van der Waals surface area contributed by atoms with E-state index in [4.69, 9.17) is 11.6 Å². The van der Waals surface area contributed by atoms with Crippen molar-refractivity contribution in [1.82, 2.24) is 5.32 Å². The Kier molecular flexibility index (Phi) is 6.44. The molecule has 1 N–H and O–H groups in total. The highest BCUT2D eigenvalue weighted by atomic mass is 35.5. The normalized spacial score (nSPS) is 11.9. The molecular weight excluding hydrogens is 250 g/mol. The fraction of sp³-hybridized carbons (Fsp3) is 0.429. The molecule has 98 valence electrons. The van der Waals surface area contributed by atoms with Crippen LogP contribution in [0.4, 0.5) is 0 Å². The summed E-state index contributed by atoms with van der Waals surface area (Å²) in [5.41, 5.74) is 0.979. The van der Waals surface area contributed by atoms with E-state index in [0.29, 0.717) is 12.8 Å². The van der Waals surface area contributed by atoms with Crippen molar-refractivity contribution in [2.24, 2.45) is 0 Å². The molecule has 0 aromatic heterocycles.